The lowest BCUT2D eigenvalue weighted by Crippen LogP contribution is -2.34. The monoisotopic (exact) mass is 308 g/mol. The first-order valence-corrected chi connectivity index (χ1v) is 7.04. The highest BCUT2D eigenvalue weighted by Gasteiger charge is 2.34. The zero-order valence-corrected chi connectivity index (χ0v) is 13.0. The molecule has 0 spiro atoms. The molecule has 0 amide bonds. The zero-order chi connectivity index (χ0) is 16.5. The topological polar surface area (TPSA) is 78.9 Å². The van der Waals surface area contributed by atoms with E-state index < -0.39 is 23.6 Å². The Hall–Kier alpha value is -2.37. The van der Waals surface area contributed by atoms with Gasteiger partial charge in [-0.05, 0) is 38.0 Å². The molecule has 1 aromatic carbocycles. The molecule has 0 bridgehead atoms. The molecule has 0 saturated carbocycles. The Labute approximate surface area is 129 Å². The fourth-order valence-electron chi connectivity index (χ4n) is 1.87. The molecule has 0 aromatic heterocycles. The van der Waals surface area contributed by atoms with Crippen molar-refractivity contribution in [1.82, 2.24) is 0 Å². The second kappa shape index (κ2) is 8.81. The molecule has 0 heterocycles. The number of carbonyl (C=O) groups is 3. The fourth-order valence-corrected chi connectivity index (χ4v) is 1.87. The van der Waals surface area contributed by atoms with Crippen LogP contribution in [0.4, 0.5) is 0 Å². The summed E-state index contributed by atoms with van der Waals surface area (Å²) in [6.45, 7) is 3.43. The maximum atomic E-state index is 12.1. The van der Waals surface area contributed by atoms with Crippen molar-refractivity contribution in [3.05, 3.63) is 29.8 Å². The van der Waals surface area contributed by atoms with Crippen LogP contribution in [0.5, 0.6) is 5.75 Å². The van der Waals surface area contributed by atoms with Gasteiger partial charge in [-0.2, -0.15) is 0 Å². The number of methoxy groups -OCH3 is 1. The minimum atomic E-state index is -1.20. The van der Waals surface area contributed by atoms with Gasteiger partial charge in [-0.3, -0.25) is 9.59 Å². The third-order valence-corrected chi connectivity index (χ3v) is 2.96. The predicted octanol–water partition coefficient (Wildman–Crippen LogP) is 1.55. The zero-order valence-electron chi connectivity index (χ0n) is 13.0. The lowest BCUT2D eigenvalue weighted by molar-refractivity contribution is -0.162. The normalized spacial score (nSPS) is 11.4. The van der Waals surface area contributed by atoms with Crippen molar-refractivity contribution >= 4 is 17.7 Å². The molecule has 0 aliphatic carbocycles. The minimum absolute atomic E-state index is 0.0699. The lowest BCUT2D eigenvalue weighted by atomic mass is 9.95. The van der Waals surface area contributed by atoms with Crippen molar-refractivity contribution < 1.29 is 28.6 Å². The SMILES string of the molecule is CCOC(=O)C(=O)C(Cc1ccc(OC)cc1)C(=O)OCC. The standard InChI is InChI=1S/C16H20O6/c1-4-21-15(18)13(14(17)16(19)22-5-2)10-11-6-8-12(20-3)9-7-11/h6-9,13H,4-5,10H2,1-3H3. The number of carbonyl (C=O) groups excluding carboxylic acids is 3. The summed E-state index contributed by atoms with van der Waals surface area (Å²) >= 11 is 0. The summed E-state index contributed by atoms with van der Waals surface area (Å²) in [6.07, 6.45) is 0.0699. The van der Waals surface area contributed by atoms with Gasteiger partial charge in [-0.15, -0.1) is 0 Å². The Morgan fingerprint density at radius 2 is 1.59 bits per heavy atom. The van der Waals surface area contributed by atoms with E-state index >= 15 is 0 Å². The Morgan fingerprint density at radius 3 is 2.09 bits per heavy atom. The third-order valence-electron chi connectivity index (χ3n) is 2.96. The van der Waals surface area contributed by atoms with E-state index in [0.717, 1.165) is 5.56 Å². The number of ketones is 1. The minimum Gasteiger partial charge on any atom is -0.497 e. The first kappa shape index (κ1) is 17.7. The quantitative estimate of drug-likeness (QED) is 0.412. The van der Waals surface area contributed by atoms with Crippen molar-refractivity contribution in [2.45, 2.75) is 20.3 Å². The van der Waals surface area contributed by atoms with Crippen LogP contribution >= 0.6 is 0 Å². The number of benzene rings is 1. The Kier molecular flexibility index (Phi) is 7.08. The van der Waals surface area contributed by atoms with Gasteiger partial charge < -0.3 is 14.2 Å². The van der Waals surface area contributed by atoms with Crippen molar-refractivity contribution in [3.8, 4) is 5.75 Å². The summed E-state index contributed by atoms with van der Waals surface area (Å²) in [5, 5.41) is 0. The molecule has 1 aromatic rings. The number of rotatable bonds is 8. The first-order chi connectivity index (χ1) is 10.5. The van der Waals surface area contributed by atoms with Crippen LogP contribution in [-0.2, 0) is 30.3 Å². The first-order valence-electron chi connectivity index (χ1n) is 7.04. The fraction of sp³-hybridized carbons (Fsp3) is 0.438. The van der Waals surface area contributed by atoms with Gasteiger partial charge in [0.25, 0.3) is 5.78 Å². The Morgan fingerprint density at radius 1 is 1.00 bits per heavy atom. The molecule has 0 N–H and O–H groups in total. The summed E-state index contributed by atoms with van der Waals surface area (Å²) in [5.74, 6) is -3.18. The molecular formula is C16H20O6. The van der Waals surface area contributed by atoms with E-state index in [9.17, 15) is 14.4 Å². The van der Waals surface area contributed by atoms with Gasteiger partial charge >= 0.3 is 11.9 Å². The summed E-state index contributed by atoms with van der Waals surface area (Å²) < 4.78 is 14.6. The van der Waals surface area contributed by atoms with Gasteiger partial charge in [0, 0.05) is 0 Å². The maximum absolute atomic E-state index is 12.1. The van der Waals surface area contributed by atoms with E-state index in [4.69, 9.17) is 9.47 Å². The molecule has 22 heavy (non-hydrogen) atoms. The number of Topliss-reactive ketones (excluding diaryl/α,β-unsaturated/α-hetero) is 1. The van der Waals surface area contributed by atoms with Gasteiger partial charge in [0.1, 0.15) is 11.7 Å². The predicted molar refractivity (Wildman–Crippen MR) is 78.5 cm³/mol. The molecule has 0 fully saturated rings. The molecule has 0 radical (unpaired) electrons. The number of hydrogen-bond acceptors (Lipinski definition) is 6. The number of hydrogen-bond donors (Lipinski definition) is 0. The van der Waals surface area contributed by atoms with Crippen LogP contribution < -0.4 is 4.74 Å². The molecule has 0 saturated heterocycles. The average Bonchev–Trinajstić information content (AvgIpc) is 2.53. The molecule has 1 rings (SSSR count). The van der Waals surface area contributed by atoms with Crippen LogP contribution in [0.1, 0.15) is 19.4 Å². The smallest absolute Gasteiger partial charge is 0.375 e. The highest BCUT2D eigenvalue weighted by Crippen LogP contribution is 2.17. The molecule has 0 aliphatic rings. The second-order valence-corrected chi connectivity index (χ2v) is 4.44. The molecule has 120 valence electrons. The van der Waals surface area contributed by atoms with E-state index in [1.54, 1.807) is 45.2 Å². The highest BCUT2D eigenvalue weighted by atomic mass is 16.5. The molecular weight excluding hydrogens is 288 g/mol. The van der Waals surface area contributed by atoms with Crippen LogP contribution in [0, 0.1) is 5.92 Å². The van der Waals surface area contributed by atoms with Crippen molar-refractivity contribution in [3.63, 3.8) is 0 Å². The summed E-state index contributed by atoms with van der Waals surface area (Å²) in [6, 6.07) is 6.88. The van der Waals surface area contributed by atoms with E-state index in [1.807, 2.05) is 0 Å². The molecule has 6 heteroatoms. The molecule has 0 aliphatic heterocycles. The largest absolute Gasteiger partial charge is 0.497 e. The summed E-state index contributed by atoms with van der Waals surface area (Å²) in [4.78, 5) is 35.6. The van der Waals surface area contributed by atoms with E-state index in [-0.39, 0.29) is 19.6 Å². The van der Waals surface area contributed by atoms with Gasteiger partial charge in [-0.25, -0.2) is 4.79 Å². The molecule has 6 nitrogen and oxygen atoms in total. The Bertz CT molecular complexity index is 520. The van der Waals surface area contributed by atoms with Gasteiger partial charge in [0.05, 0.1) is 20.3 Å². The summed E-state index contributed by atoms with van der Waals surface area (Å²) in [7, 11) is 1.54. The number of ether oxygens (including phenoxy) is 3. The molecule has 1 unspecified atom stereocenters. The maximum Gasteiger partial charge on any atom is 0.375 e. The van der Waals surface area contributed by atoms with Crippen molar-refractivity contribution in [1.29, 1.82) is 0 Å². The van der Waals surface area contributed by atoms with E-state index in [1.165, 1.54) is 0 Å². The van der Waals surface area contributed by atoms with Crippen LogP contribution in [0.3, 0.4) is 0 Å². The second-order valence-electron chi connectivity index (χ2n) is 4.44. The van der Waals surface area contributed by atoms with Crippen LogP contribution in [0.2, 0.25) is 0 Å². The van der Waals surface area contributed by atoms with Crippen LogP contribution in [0.25, 0.3) is 0 Å². The highest BCUT2D eigenvalue weighted by molar-refractivity contribution is 6.37. The molecule has 1 atom stereocenters. The van der Waals surface area contributed by atoms with Gasteiger partial charge in [0.15, 0.2) is 0 Å². The van der Waals surface area contributed by atoms with E-state index in [2.05, 4.69) is 4.74 Å². The van der Waals surface area contributed by atoms with Crippen molar-refractivity contribution in [2.24, 2.45) is 5.92 Å². The van der Waals surface area contributed by atoms with Gasteiger partial charge in [-0.1, -0.05) is 12.1 Å². The number of esters is 2. The van der Waals surface area contributed by atoms with Gasteiger partial charge in [0.2, 0.25) is 0 Å². The third kappa shape index (κ3) is 4.87. The van der Waals surface area contributed by atoms with Crippen molar-refractivity contribution in [2.75, 3.05) is 20.3 Å². The Balaban J connectivity index is 2.91. The average molecular weight is 308 g/mol. The lowest BCUT2D eigenvalue weighted by Gasteiger charge is -2.14. The summed E-state index contributed by atoms with van der Waals surface area (Å²) in [5.41, 5.74) is 0.719. The van der Waals surface area contributed by atoms with Crippen LogP contribution in [0.15, 0.2) is 24.3 Å². The van der Waals surface area contributed by atoms with Crippen LogP contribution in [-0.4, -0.2) is 38.0 Å². The van der Waals surface area contributed by atoms with E-state index in [0.29, 0.717) is 5.75 Å².